The molecule has 1 N–H and O–H groups in total. The molecule has 0 amide bonds. The van der Waals surface area contributed by atoms with Gasteiger partial charge < -0.3 is 4.74 Å². The number of carbonyl (C=O) groups is 1. The molecule has 2 unspecified atom stereocenters. The van der Waals surface area contributed by atoms with E-state index in [9.17, 15) is 4.79 Å². The molecule has 0 fully saturated rings. The molecule has 1 aromatic rings. The van der Waals surface area contributed by atoms with Crippen molar-refractivity contribution in [3.8, 4) is 0 Å². The first-order valence-corrected chi connectivity index (χ1v) is 6.44. The average molecular weight is 270 g/mol. The van der Waals surface area contributed by atoms with E-state index in [1.54, 1.807) is 12.1 Å². The highest BCUT2D eigenvalue weighted by molar-refractivity contribution is 6.30. The Morgan fingerprint density at radius 1 is 1.56 bits per heavy atom. The molecule has 0 aliphatic carbocycles. The second-order valence-corrected chi connectivity index (χ2v) is 5.02. The lowest BCUT2D eigenvalue weighted by molar-refractivity contribution is -0.148. The molecule has 0 radical (unpaired) electrons. The maximum Gasteiger partial charge on any atom is 0.330 e. The van der Waals surface area contributed by atoms with Gasteiger partial charge in [-0.3, -0.25) is 5.32 Å². The first kappa shape index (κ1) is 15.0. The predicted molar refractivity (Wildman–Crippen MR) is 73.7 cm³/mol. The number of esters is 1. The second kappa shape index (κ2) is 6.21. The van der Waals surface area contributed by atoms with Crippen molar-refractivity contribution in [2.45, 2.75) is 38.8 Å². The number of carbonyl (C=O) groups excluding carboxylic acids is 1. The van der Waals surface area contributed by atoms with E-state index in [2.05, 4.69) is 12.2 Å². The lowest BCUT2D eigenvalue weighted by Crippen LogP contribution is -2.50. The van der Waals surface area contributed by atoms with Crippen LogP contribution in [0.4, 0.5) is 0 Å². The quantitative estimate of drug-likeness (QED) is 0.835. The molecule has 0 aliphatic rings. The van der Waals surface area contributed by atoms with E-state index >= 15 is 0 Å². The van der Waals surface area contributed by atoms with Crippen molar-refractivity contribution in [2.75, 3.05) is 7.11 Å². The Bertz CT molecular complexity index is 422. The fourth-order valence-corrected chi connectivity index (χ4v) is 2.05. The Kier molecular flexibility index (Phi) is 5.17. The summed E-state index contributed by atoms with van der Waals surface area (Å²) in [6, 6.07) is 7.47. The molecule has 2 atom stereocenters. The van der Waals surface area contributed by atoms with E-state index in [1.165, 1.54) is 7.11 Å². The molecule has 18 heavy (non-hydrogen) atoms. The third-order valence-corrected chi connectivity index (χ3v) is 3.38. The fraction of sp³-hybridized carbons (Fsp3) is 0.500. The number of benzene rings is 1. The second-order valence-electron chi connectivity index (χ2n) is 4.58. The Balaban J connectivity index is 3.15. The summed E-state index contributed by atoms with van der Waals surface area (Å²) in [6.07, 6.45) is 0.924. The van der Waals surface area contributed by atoms with E-state index in [1.807, 2.05) is 26.0 Å². The van der Waals surface area contributed by atoms with Gasteiger partial charge in [0.05, 0.1) is 7.11 Å². The van der Waals surface area contributed by atoms with Crippen LogP contribution in [-0.4, -0.2) is 19.1 Å². The van der Waals surface area contributed by atoms with E-state index < -0.39 is 5.54 Å². The summed E-state index contributed by atoms with van der Waals surface area (Å²) in [5, 5.41) is 3.91. The van der Waals surface area contributed by atoms with Gasteiger partial charge in [0.1, 0.15) is 5.54 Å². The summed E-state index contributed by atoms with van der Waals surface area (Å²) < 4.78 is 4.91. The molecular formula is C14H20ClNO2. The SMILES string of the molecule is CCC(C)NC(C)(C(=O)OC)c1cccc(Cl)c1. The molecular weight excluding hydrogens is 250 g/mol. The van der Waals surface area contributed by atoms with Gasteiger partial charge >= 0.3 is 5.97 Å². The minimum absolute atomic E-state index is 0.202. The van der Waals surface area contributed by atoms with Crippen LogP contribution in [0.5, 0.6) is 0 Å². The molecule has 4 heteroatoms. The van der Waals surface area contributed by atoms with Crippen LogP contribution in [0.25, 0.3) is 0 Å². The molecule has 100 valence electrons. The highest BCUT2D eigenvalue weighted by atomic mass is 35.5. The smallest absolute Gasteiger partial charge is 0.330 e. The van der Waals surface area contributed by atoms with Crippen LogP contribution in [0, 0.1) is 0 Å². The zero-order valence-electron chi connectivity index (χ0n) is 11.3. The maximum atomic E-state index is 12.1. The van der Waals surface area contributed by atoms with Crippen LogP contribution in [-0.2, 0) is 15.1 Å². The lowest BCUT2D eigenvalue weighted by atomic mass is 9.91. The van der Waals surface area contributed by atoms with E-state index in [0.717, 1.165) is 12.0 Å². The van der Waals surface area contributed by atoms with Gasteiger partial charge in [-0.05, 0) is 38.0 Å². The minimum atomic E-state index is -0.880. The van der Waals surface area contributed by atoms with Crippen LogP contribution < -0.4 is 5.32 Å². The molecule has 1 aromatic carbocycles. The number of methoxy groups -OCH3 is 1. The highest BCUT2D eigenvalue weighted by Crippen LogP contribution is 2.26. The Morgan fingerprint density at radius 3 is 2.72 bits per heavy atom. The minimum Gasteiger partial charge on any atom is -0.467 e. The molecule has 1 rings (SSSR count). The van der Waals surface area contributed by atoms with E-state index in [-0.39, 0.29) is 12.0 Å². The van der Waals surface area contributed by atoms with Gasteiger partial charge in [0.15, 0.2) is 0 Å². The monoisotopic (exact) mass is 269 g/mol. The summed E-state index contributed by atoms with van der Waals surface area (Å²) in [5.41, 5.74) is -0.0723. The van der Waals surface area contributed by atoms with E-state index in [4.69, 9.17) is 16.3 Å². The molecule has 0 heterocycles. The lowest BCUT2D eigenvalue weighted by Gasteiger charge is -2.31. The number of hydrogen-bond acceptors (Lipinski definition) is 3. The van der Waals surface area contributed by atoms with Gasteiger partial charge in [0, 0.05) is 11.1 Å². The fourth-order valence-electron chi connectivity index (χ4n) is 1.86. The first-order valence-electron chi connectivity index (χ1n) is 6.06. The van der Waals surface area contributed by atoms with Crippen molar-refractivity contribution >= 4 is 17.6 Å². The van der Waals surface area contributed by atoms with Crippen LogP contribution in [0.15, 0.2) is 24.3 Å². The topological polar surface area (TPSA) is 38.3 Å². The van der Waals surface area contributed by atoms with Crippen molar-refractivity contribution in [3.05, 3.63) is 34.9 Å². The van der Waals surface area contributed by atoms with Gasteiger partial charge in [-0.1, -0.05) is 30.7 Å². The van der Waals surface area contributed by atoms with Crippen LogP contribution in [0.1, 0.15) is 32.8 Å². The van der Waals surface area contributed by atoms with Gasteiger partial charge in [-0.25, -0.2) is 4.79 Å². The molecule has 0 saturated carbocycles. The summed E-state index contributed by atoms with van der Waals surface area (Å²) in [7, 11) is 1.39. The largest absolute Gasteiger partial charge is 0.467 e. The third-order valence-electron chi connectivity index (χ3n) is 3.14. The van der Waals surface area contributed by atoms with Crippen molar-refractivity contribution in [1.29, 1.82) is 0 Å². The number of ether oxygens (including phenoxy) is 1. The van der Waals surface area contributed by atoms with Crippen LogP contribution in [0.3, 0.4) is 0 Å². The molecule has 3 nitrogen and oxygen atoms in total. The number of rotatable bonds is 5. The Morgan fingerprint density at radius 2 is 2.22 bits per heavy atom. The molecule has 0 spiro atoms. The van der Waals surface area contributed by atoms with Gasteiger partial charge in [-0.2, -0.15) is 0 Å². The average Bonchev–Trinajstić information content (AvgIpc) is 2.37. The molecule has 0 saturated heterocycles. The number of nitrogens with one attached hydrogen (secondary N) is 1. The van der Waals surface area contributed by atoms with Crippen molar-refractivity contribution < 1.29 is 9.53 Å². The summed E-state index contributed by atoms with van der Waals surface area (Å²) in [6.45, 7) is 5.91. The summed E-state index contributed by atoms with van der Waals surface area (Å²) >= 11 is 5.99. The van der Waals surface area contributed by atoms with E-state index in [0.29, 0.717) is 5.02 Å². The van der Waals surface area contributed by atoms with Crippen molar-refractivity contribution in [2.24, 2.45) is 0 Å². The summed E-state index contributed by atoms with van der Waals surface area (Å²) in [4.78, 5) is 12.1. The van der Waals surface area contributed by atoms with Gasteiger partial charge in [-0.15, -0.1) is 0 Å². The summed E-state index contributed by atoms with van der Waals surface area (Å²) in [5.74, 6) is -0.315. The zero-order valence-corrected chi connectivity index (χ0v) is 12.0. The molecule has 0 bridgehead atoms. The molecule has 0 aliphatic heterocycles. The highest BCUT2D eigenvalue weighted by Gasteiger charge is 2.37. The number of hydrogen-bond donors (Lipinski definition) is 1. The van der Waals surface area contributed by atoms with Gasteiger partial charge in [0.25, 0.3) is 0 Å². The van der Waals surface area contributed by atoms with Gasteiger partial charge in [0.2, 0.25) is 0 Å². The van der Waals surface area contributed by atoms with Crippen LogP contribution in [0.2, 0.25) is 5.02 Å². The first-order chi connectivity index (χ1) is 8.43. The van der Waals surface area contributed by atoms with Crippen LogP contribution >= 0.6 is 11.6 Å². The third kappa shape index (κ3) is 3.24. The predicted octanol–water partition coefficient (Wildman–Crippen LogP) is 3.12. The maximum absolute atomic E-state index is 12.1. The van der Waals surface area contributed by atoms with Crippen molar-refractivity contribution in [1.82, 2.24) is 5.32 Å². The Hall–Kier alpha value is -1.06. The molecule has 0 aromatic heterocycles. The number of halogens is 1. The Labute approximate surface area is 113 Å². The zero-order chi connectivity index (χ0) is 13.8. The normalized spacial score (nSPS) is 15.8. The van der Waals surface area contributed by atoms with Crippen molar-refractivity contribution in [3.63, 3.8) is 0 Å². The standard InChI is InChI=1S/C14H20ClNO2/c1-5-10(2)16-14(3,13(17)18-4)11-7-6-8-12(15)9-11/h6-10,16H,5H2,1-4H3.